The van der Waals surface area contributed by atoms with Crippen LogP contribution in [0.1, 0.15) is 30.4 Å². The SMILES string of the molecule is Nc1ccc(N2CCCCc3ccccc32)c(C(F)F)c1. The van der Waals surface area contributed by atoms with Gasteiger partial charge in [-0.25, -0.2) is 8.78 Å². The van der Waals surface area contributed by atoms with Crippen LogP contribution in [-0.2, 0) is 6.42 Å². The van der Waals surface area contributed by atoms with Gasteiger partial charge in [0.15, 0.2) is 0 Å². The maximum atomic E-state index is 13.4. The lowest BCUT2D eigenvalue weighted by Gasteiger charge is -2.27. The van der Waals surface area contributed by atoms with Crippen LogP contribution in [0.25, 0.3) is 0 Å². The minimum absolute atomic E-state index is 0.00621. The standard InChI is InChI=1S/C17H18F2N2/c18-17(19)14-11-13(20)8-9-16(14)21-10-4-3-6-12-5-1-2-7-15(12)21/h1-2,5,7-9,11,17H,3-4,6,10,20H2. The van der Waals surface area contributed by atoms with Crippen LogP contribution < -0.4 is 10.6 Å². The van der Waals surface area contributed by atoms with Crippen LogP contribution in [0.4, 0.5) is 25.8 Å². The van der Waals surface area contributed by atoms with Crippen molar-refractivity contribution in [3.05, 3.63) is 53.6 Å². The number of nitrogens with two attached hydrogens (primary N) is 1. The van der Waals surface area contributed by atoms with Crippen LogP contribution in [0, 0.1) is 0 Å². The molecular weight excluding hydrogens is 270 g/mol. The molecule has 2 aromatic carbocycles. The number of nitrogen functional groups attached to an aromatic ring is 1. The zero-order valence-corrected chi connectivity index (χ0v) is 11.7. The number of rotatable bonds is 2. The average Bonchev–Trinajstić information content (AvgIpc) is 2.69. The molecule has 1 heterocycles. The summed E-state index contributed by atoms with van der Waals surface area (Å²) in [6.45, 7) is 0.751. The van der Waals surface area contributed by atoms with E-state index in [0.717, 1.165) is 31.5 Å². The normalized spacial score (nSPS) is 14.9. The maximum absolute atomic E-state index is 13.4. The van der Waals surface area contributed by atoms with Crippen molar-refractivity contribution in [3.8, 4) is 0 Å². The van der Waals surface area contributed by atoms with Crippen molar-refractivity contribution in [2.75, 3.05) is 17.2 Å². The molecule has 0 spiro atoms. The third kappa shape index (κ3) is 2.71. The van der Waals surface area contributed by atoms with E-state index in [-0.39, 0.29) is 5.56 Å². The molecule has 0 bridgehead atoms. The summed E-state index contributed by atoms with van der Waals surface area (Å²) in [6, 6.07) is 12.8. The smallest absolute Gasteiger partial charge is 0.265 e. The van der Waals surface area contributed by atoms with Crippen molar-refractivity contribution < 1.29 is 8.78 Å². The molecule has 110 valence electrons. The van der Waals surface area contributed by atoms with E-state index in [4.69, 9.17) is 5.73 Å². The van der Waals surface area contributed by atoms with Gasteiger partial charge in [0, 0.05) is 23.5 Å². The number of halogens is 2. The third-order valence-electron chi connectivity index (χ3n) is 3.94. The summed E-state index contributed by atoms with van der Waals surface area (Å²) in [4.78, 5) is 2.00. The van der Waals surface area contributed by atoms with Gasteiger partial charge >= 0.3 is 0 Å². The number of alkyl halides is 2. The molecular formula is C17H18F2N2. The molecule has 0 radical (unpaired) electrons. The van der Waals surface area contributed by atoms with Crippen LogP contribution in [0.2, 0.25) is 0 Å². The second kappa shape index (κ2) is 5.72. The molecule has 0 saturated heterocycles. The Kier molecular flexibility index (Phi) is 3.78. The van der Waals surface area contributed by atoms with Crippen LogP contribution in [-0.4, -0.2) is 6.54 Å². The Morgan fingerprint density at radius 3 is 2.62 bits per heavy atom. The number of hydrogen-bond acceptors (Lipinski definition) is 2. The second-order valence-corrected chi connectivity index (χ2v) is 5.36. The van der Waals surface area contributed by atoms with Crippen molar-refractivity contribution in [1.29, 1.82) is 0 Å². The molecule has 0 saturated carbocycles. The molecule has 1 aliphatic heterocycles. The summed E-state index contributed by atoms with van der Waals surface area (Å²) in [5.41, 5.74) is 8.85. The summed E-state index contributed by atoms with van der Waals surface area (Å²) in [7, 11) is 0. The van der Waals surface area contributed by atoms with E-state index >= 15 is 0 Å². The molecule has 2 N–H and O–H groups in total. The van der Waals surface area contributed by atoms with E-state index in [9.17, 15) is 8.78 Å². The fourth-order valence-corrected chi connectivity index (χ4v) is 2.94. The first-order valence-electron chi connectivity index (χ1n) is 7.20. The highest BCUT2D eigenvalue weighted by Crippen LogP contribution is 2.38. The van der Waals surface area contributed by atoms with E-state index in [1.54, 1.807) is 12.1 Å². The number of para-hydroxylation sites is 1. The average molecular weight is 288 g/mol. The lowest BCUT2D eigenvalue weighted by Crippen LogP contribution is -2.19. The molecule has 0 unspecified atom stereocenters. The second-order valence-electron chi connectivity index (χ2n) is 5.36. The molecule has 0 fully saturated rings. The first-order valence-corrected chi connectivity index (χ1v) is 7.20. The predicted octanol–water partition coefficient (Wildman–Crippen LogP) is 4.68. The van der Waals surface area contributed by atoms with Gasteiger partial charge in [0.1, 0.15) is 0 Å². The lowest BCUT2D eigenvalue weighted by atomic mass is 10.1. The predicted molar refractivity (Wildman–Crippen MR) is 82.2 cm³/mol. The van der Waals surface area contributed by atoms with Gasteiger partial charge in [-0.15, -0.1) is 0 Å². The van der Waals surface area contributed by atoms with Crippen molar-refractivity contribution in [3.63, 3.8) is 0 Å². The molecule has 4 heteroatoms. The zero-order chi connectivity index (χ0) is 14.8. The highest BCUT2D eigenvalue weighted by Gasteiger charge is 2.22. The Hall–Kier alpha value is -2.10. The van der Waals surface area contributed by atoms with Gasteiger partial charge in [-0.3, -0.25) is 0 Å². The Bertz CT molecular complexity index is 640. The molecule has 2 nitrogen and oxygen atoms in total. The fourth-order valence-electron chi connectivity index (χ4n) is 2.94. The van der Waals surface area contributed by atoms with Crippen molar-refractivity contribution in [1.82, 2.24) is 0 Å². The third-order valence-corrected chi connectivity index (χ3v) is 3.94. The molecule has 21 heavy (non-hydrogen) atoms. The van der Waals surface area contributed by atoms with E-state index in [0.29, 0.717) is 11.4 Å². The highest BCUT2D eigenvalue weighted by atomic mass is 19.3. The molecule has 1 aliphatic rings. The van der Waals surface area contributed by atoms with Crippen LogP contribution in [0.5, 0.6) is 0 Å². The van der Waals surface area contributed by atoms with Crippen molar-refractivity contribution in [2.24, 2.45) is 0 Å². The molecule has 3 rings (SSSR count). The van der Waals surface area contributed by atoms with Crippen molar-refractivity contribution in [2.45, 2.75) is 25.7 Å². The summed E-state index contributed by atoms with van der Waals surface area (Å²) in [6.07, 6.45) is 0.527. The first-order chi connectivity index (χ1) is 10.2. The number of hydrogen-bond donors (Lipinski definition) is 1. The molecule has 0 atom stereocenters. The molecule has 2 aromatic rings. The van der Waals surface area contributed by atoms with Gasteiger partial charge in [-0.2, -0.15) is 0 Å². The minimum Gasteiger partial charge on any atom is -0.399 e. The monoisotopic (exact) mass is 288 g/mol. The highest BCUT2D eigenvalue weighted by molar-refractivity contribution is 5.71. The summed E-state index contributed by atoms with van der Waals surface area (Å²) in [5, 5.41) is 0. The Morgan fingerprint density at radius 1 is 1.00 bits per heavy atom. The van der Waals surface area contributed by atoms with Gasteiger partial charge in [-0.1, -0.05) is 18.2 Å². The van der Waals surface area contributed by atoms with Gasteiger partial charge in [0.05, 0.1) is 5.69 Å². The quantitative estimate of drug-likeness (QED) is 0.813. The largest absolute Gasteiger partial charge is 0.399 e. The number of fused-ring (bicyclic) bond motifs is 1. The van der Waals surface area contributed by atoms with Crippen LogP contribution >= 0.6 is 0 Å². The zero-order valence-electron chi connectivity index (χ0n) is 11.7. The molecule has 0 aromatic heterocycles. The summed E-state index contributed by atoms with van der Waals surface area (Å²) < 4.78 is 26.7. The van der Waals surface area contributed by atoms with Crippen LogP contribution in [0.15, 0.2) is 42.5 Å². The minimum atomic E-state index is -2.53. The molecule has 0 aliphatic carbocycles. The Labute approximate surface area is 123 Å². The Balaban J connectivity index is 2.12. The number of aryl methyl sites for hydroxylation is 1. The number of anilines is 3. The summed E-state index contributed by atoms with van der Waals surface area (Å²) >= 11 is 0. The van der Waals surface area contributed by atoms with Gasteiger partial charge in [0.25, 0.3) is 6.43 Å². The molecule has 0 amide bonds. The maximum Gasteiger partial charge on any atom is 0.265 e. The first kappa shape index (κ1) is 13.9. The van der Waals surface area contributed by atoms with Gasteiger partial charge < -0.3 is 10.6 Å². The van der Waals surface area contributed by atoms with Gasteiger partial charge in [0.2, 0.25) is 0 Å². The van der Waals surface area contributed by atoms with E-state index in [1.807, 2.05) is 23.1 Å². The number of nitrogens with zero attached hydrogens (tertiary/aromatic N) is 1. The van der Waals surface area contributed by atoms with E-state index in [2.05, 4.69) is 6.07 Å². The fraction of sp³-hybridized carbons (Fsp3) is 0.294. The topological polar surface area (TPSA) is 29.3 Å². The van der Waals surface area contributed by atoms with Gasteiger partial charge in [-0.05, 0) is 49.1 Å². The summed E-state index contributed by atoms with van der Waals surface area (Å²) in [5.74, 6) is 0. The van der Waals surface area contributed by atoms with Crippen molar-refractivity contribution >= 4 is 17.1 Å². The van der Waals surface area contributed by atoms with Crippen LogP contribution in [0.3, 0.4) is 0 Å². The Morgan fingerprint density at radius 2 is 1.81 bits per heavy atom. The van der Waals surface area contributed by atoms with E-state index in [1.165, 1.54) is 11.6 Å². The lowest BCUT2D eigenvalue weighted by molar-refractivity contribution is 0.152. The number of benzene rings is 2. The van der Waals surface area contributed by atoms with E-state index < -0.39 is 6.43 Å².